The largest absolute Gasteiger partial charge is 0.392 e. The molecule has 0 aromatic carbocycles. The van der Waals surface area contributed by atoms with Gasteiger partial charge in [0, 0.05) is 18.1 Å². The summed E-state index contributed by atoms with van der Waals surface area (Å²) in [7, 11) is 0. The number of rotatable bonds is 0. The van der Waals surface area contributed by atoms with E-state index in [4.69, 9.17) is 9.47 Å². The normalized spacial score (nSPS) is 40.5. The third-order valence-electron chi connectivity index (χ3n) is 2.60. The van der Waals surface area contributed by atoms with Crippen LogP contribution in [-0.4, -0.2) is 35.5 Å². The summed E-state index contributed by atoms with van der Waals surface area (Å²) in [6.07, 6.45) is 1.93. The number of thiol groups is 1. The first kappa shape index (κ1) is 8.81. The average molecular weight is 190 g/mol. The second kappa shape index (κ2) is 3.18. The van der Waals surface area contributed by atoms with E-state index in [2.05, 4.69) is 12.6 Å². The Morgan fingerprint density at radius 3 is 2.58 bits per heavy atom. The van der Waals surface area contributed by atoms with Crippen LogP contribution in [0.5, 0.6) is 0 Å². The molecule has 1 N–H and O–H groups in total. The molecular weight excluding hydrogens is 176 g/mol. The van der Waals surface area contributed by atoms with E-state index in [9.17, 15) is 5.11 Å². The molecule has 0 bridgehead atoms. The molecule has 3 nitrogen and oxygen atoms in total. The van der Waals surface area contributed by atoms with Gasteiger partial charge in [-0.05, 0) is 6.42 Å². The van der Waals surface area contributed by atoms with Gasteiger partial charge in [-0.25, -0.2) is 0 Å². The minimum absolute atomic E-state index is 0.00292. The van der Waals surface area contributed by atoms with Crippen LogP contribution in [0.2, 0.25) is 0 Å². The van der Waals surface area contributed by atoms with Crippen molar-refractivity contribution in [3.8, 4) is 0 Å². The standard InChI is InChI=1S/C8H14O3S/c9-6-1-2-8(5-7(6)12)10-3-4-11-8/h6-7,9,12H,1-5H2. The van der Waals surface area contributed by atoms with E-state index >= 15 is 0 Å². The third kappa shape index (κ3) is 1.48. The SMILES string of the molecule is OC1CCC2(CC1S)OCCO2. The van der Waals surface area contributed by atoms with Gasteiger partial charge in [-0.3, -0.25) is 0 Å². The van der Waals surface area contributed by atoms with Gasteiger partial charge in [0.25, 0.3) is 0 Å². The molecule has 4 heteroatoms. The predicted octanol–water partition coefficient (Wildman–Crippen LogP) is 0.573. The second-order valence-corrected chi connectivity index (χ2v) is 4.15. The molecule has 0 radical (unpaired) electrons. The molecule has 70 valence electrons. The molecule has 0 aromatic rings. The van der Waals surface area contributed by atoms with Crippen molar-refractivity contribution in [3.63, 3.8) is 0 Å². The van der Waals surface area contributed by atoms with E-state index in [1.165, 1.54) is 0 Å². The lowest BCUT2D eigenvalue weighted by Crippen LogP contribution is -2.43. The van der Waals surface area contributed by atoms with Crippen molar-refractivity contribution in [1.82, 2.24) is 0 Å². The second-order valence-electron chi connectivity index (χ2n) is 3.49. The first-order chi connectivity index (χ1) is 5.72. The zero-order valence-corrected chi connectivity index (χ0v) is 7.80. The zero-order chi connectivity index (χ0) is 8.60. The molecule has 1 saturated carbocycles. The fourth-order valence-electron chi connectivity index (χ4n) is 1.88. The highest BCUT2D eigenvalue weighted by molar-refractivity contribution is 7.81. The highest BCUT2D eigenvalue weighted by atomic mass is 32.1. The molecule has 0 amide bonds. The highest BCUT2D eigenvalue weighted by Gasteiger charge is 2.43. The number of aliphatic hydroxyl groups is 1. The Hall–Kier alpha value is 0.230. The quantitative estimate of drug-likeness (QED) is 0.549. The molecule has 12 heavy (non-hydrogen) atoms. The first-order valence-electron chi connectivity index (χ1n) is 4.36. The van der Waals surface area contributed by atoms with Gasteiger partial charge in [-0.2, -0.15) is 12.6 Å². The van der Waals surface area contributed by atoms with Gasteiger partial charge < -0.3 is 14.6 Å². The monoisotopic (exact) mass is 190 g/mol. The molecule has 2 atom stereocenters. The van der Waals surface area contributed by atoms with E-state index in [1.807, 2.05) is 0 Å². The van der Waals surface area contributed by atoms with Crippen molar-refractivity contribution in [3.05, 3.63) is 0 Å². The number of aliphatic hydroxyl groups excluding tert-OH is 1. The van der Waals surface area contributed by atoms with Crippen molar-refractivity contribution < 1.29 is 14.6 Å². The maximum absolute atomic E-state index is 9.43. The van der Waals surface area contributed by atoms with Crippen molar-refractivity contribution in [2.75, 3.05) is 13.2 Å². The van der Waals surface area contributed by atoms with Crippen LogP contribution >= 0.6 is 12.6 Å². The van der Waals surface area contributed by atoms with E-state index < -0.39 is 5.79 Å². The Morgan fingerprint density at radius 1 is 1.33 bits per heavy atom. The Labute approximate surface area is 77.5 Å². The maximum Gasteiger partial charge on any atom is 0.169 e. The van der Waals surface area contributed by atoms with Crippen LogP contribution in [0.3, 0.4) is 0 Å². The minimum atomic E-state index is -0.411. The minimum Gasteiger partial charge on any atom is -0.392 e. The molecule has 2 unspecified atom stereocenters. The molecule has 1 heterocycles. The molecule has 1 aliphatic heterocycles. The lowest BCUT2D eigenvalue weighted by Gasteiger charge is -2.36. The average Bonchev–Trinajstić information content (AvgIpc) is 2.47. The van der Waals surface area contributed by atoms with Crippen LogP contribution in [0.4, 0.5) is 0 Å². The summed E-state index contributed by atoms with van der Waals surface area (Å²) in [4.78, 5) is 0. The van der Waals surface area contributed by atoms with Gasteiger partial charge in [0.15, 0.2) is 5.79 Å². The summed E-state index contributed by atoms with van der Waals surface area (Å²) in [6.45, 7) is 1.35. The molecule has 2 rings (SSSR count). The van der Waals surface area contributed by atoms with Crippen LogP contribution in [0.25, 0.3) is 0 Å². The summed E-state index contributed by atoms with van der Waals surface area (Å²) >= 11 is 4.30. The van der Waals surface area contributed by atoms with Crippen molar-refractivity contribution >= 4 is 12.6 Å². The Bertz CT molecular complexity index is 168. The Balaban J connectivity index is 2.01. The molecule has 2 aliphatic rings. The van der Waals surface area contributed by atoms with E-state index in [0.29, 0.717) is 19.6 Å². The molecule has 1 saturated heterocycles. The first-order valence-corrected chi connectivity index (χ1v) is 4.88. The summed E-state index contributed by atoms with van der Waals surface area (Å²) in [5.74, 6) is -0.411. The summed E-state index contributed by atoms with van der Waals surface area (Å²) in [5, 5.41) is 9.43. The molecule has 1 spiro atoms. The number of ether oxygens (including phenoxy) is 2. The molecule has 0 aromatic heterocycles. The number of hydrogen-bond donors (Lipinski definition) is 2. The summed E-state index contributed by atoms with van der Waals surface area (Å²) in [5.41, 5.74) is 0. The molecular formula is C8H14O3S. The van der Waals surface area contributed by atoms with E-state index in [0.717, 1.165) is 12.8 Å². The summed E-state index contributed by atoms with van der Waals surface area (Å²) in [6, 6.07) is 0. The highest BCUT2D eigenvalue weighted by Crippen LogP contribution is 2.37. The van der Waals surface area contributed by atoms with Gasteiger partial charge in [-0.15, -0.1) is 0 Å². The lowest BCUT2D eigenvalue weighted by atomic mass is 9.91. The maximum atomic E-state index is 9.43. The van der Waals surface area contributed by atoms with Gasteiger partial charge in [0.2, 0.25) is 0 Å². The lowest BCUT2D eigenvalue weighted by molar-refractivity contribution is -0.185. The van der Waals surface area contributed by atoms with Gasteiger partial charge in [0.1, 0.15) is 0 Å². The fraction of sp³-hybridized carbons (Fsp3) is 1.00. The third-order valence-corrected chi connectivity index (χ3v) is 3.13. The van der Waals surface area contributed by atoms with Crippen LogP contribution < -0.4 is 0 Å². The van der Waals surface area contributed by atoms with Gasteiger partial charge in [-0.1, -0.05) is 0 Å². The van der Waals surface area contributed by atoms with Crippen molar-refractivity contribution in [2.45, 2.75) is 36.4 Å². The van der Waals surface area contributed by atoms with Crippen LogP contribution in [0, 0.1) is 0 Å². The summed E-state index contributed by atoms with van der Waals surface area (Å²) < 4.78 is 11.0. The predicted molar refractivity (Wildman–Crippen MR) is 47.3 cm³/mol. The van der Waals surface area contributed by atoms with Crippen LogP contribution in [-0.2, 0) is 9.47 Å². The van der Waals surface area contributed by atoms with Gasteiger partial charge >= 0.3 is 0 Å². The topological polar surface area (TPSA) is 38.7 Å². The zero-order valence-electron chi connectivity index (χ0n) is 6.90. The molecule has 2 fully saturated rings. The number of hydrogen-bond acceptors (Lipinski definition) is 4. The van der Waals surface area contributed by atoms with Crippen molar-refractivity contribution in [2.24, 2.45) is 0 Å². The van der Waals surface area contributed by atoms with E-state index in [1.54, 1.807) is 0 Å². The van der Waals surface area contributed by atoms with E-state index in [-0.39, 0.29) is 11.4 Å². The Morgan fingerprint density at radius 2 is 2.00 bits per heavy atom. The van der Waals surface area contributed by atoms with Crippen LogP contribution in [0.15, 0.2) is 0 Å². The van der Waals surface area contributed by atoms with Gasteiger partial charge in [0.05, 0.1) is 19.3 Å². The fourth-order valence-corrected chi connectivity index (χ4v) is 2.30. The van der Waals surface area contributed by atoms with Crippen LogP contribution in [0.1, 0.15) is 19.3 Å². The smallest absolute Gasteiger partial charge is 0.169 e. The van der Waals surface area contributed by atoms with Crippen molar-refractivity contribution in [1.29, 1.82) is 0 Å². The molecule has 1 aliphatic carbocycles. The Kier molecular flexibility index (Phi) is 2.33.